The van der Waals surface area contributed by atoms with Crippen molar-refractivity contribution in [1.29, 1.82) is 0 Å². The number of fused-ring (bicyclic) bond motifs is 1. The van der Waals surface area contributed by atoms with E-state index < -0.39 is 0 Å². The monoisotopic (exact) mass is 327 g/mol. The number of ether oxygens (including phenoxy) is 2. The van der Waals surface area contributed by atoms with Gasteiger partial charge in [-0.25, -0.2) is 15.0 Å². The molecule has 0 atom stereocenters. The standard InChI is InChI=1S/C17H21N5O2/c1-23-10-8-20-17-19-7-5-15(21-17)14-12-22(9-11-24-2)16-13(14)4-3-6-18-16/h3-7,12H,8-11H2,1-2H3,(H,19,20,21). The van der Waals surface area contributed by atoms with Gasteiger partial charge < -0.3 is 19.4 Å². The van der Waals surface area contributed by atoms with Crippen molar-refractivity contribution in [2.24, 2.45) is 0 Å². The molecule has 0 spiro atoms. The Morgan fingerprint density at radius 1 is 1.08 bits per heavy atom. The second-order valence-corrected chi connectivity index (χ2v) is 5.29. The lowest BCUT2D eigenvalue weighted by Crippen LogP contribution is -2.10. The number of hydrogen-bond acceptors (Lipinski definition) is 6. The summed E-state index contributed by atoms with van der Waals surface area (Å²) < 4.78 is 12.3. The molecule has 3 heterocycles. The van der Waals surface area contributed by atoms with Gasteiger partial charge >= 0.3 is 0 Å². The zero-order chi connectivity index (χ0) is 16.8. The predicted octanol–water partition coefficient (Wildman–Crippen LogP) is 2.20. The van der Waals surface area contributed by atoms with E-state index in [-0.39, 0.29) is 0 Å². The minimum absolute atomic E-state index is 0.589. The number of hydrogen-bond donors (Lipinski definition) is 1. The second kappa shape index (κ2) is 7.85. The Morgan fingerprint density at radius 2 is 1.96 bits per heavy atom. The van der Waals surface area contributed by atoms with E-state index in [2.05, 4.69) is 37.1 Å². The quantitative estimate of drug-likeness (QED) is 0.639. The third-order valence-corrected chi connectivity index (χ3v) is 3.69. The van der Waals surface area contributed by atoms with Crippen LogP contribution in [0.2, 0.25) is 0 Å². The van der Waals surface area contributed by atoms with Crippen LogP contribution >= 0.6 is 0 Å². The van der Waals surface area contributed by atoms with E-state index in [4.69, 9.17) is 9.47 Å². The average Bonchev–Trinajstić information content (AvgIpc) is 2.99. The van der Waals surface area contributed by atoms with Gasteiger partial charge in [-0.15, -0.1) is 0 Å². The minimum Gasteiger partial charge on any atom is -0.383 e. The van der Waals surface area contributed by atoms with Crippen LogP contribution in [0, 0.1) is 0 Å². The van der Waals surface area contributed by atoms with Crippen LogP contribution in [0.15, 0.2) is 36.8 Å². The van der Waals surface area contributed by atoms with Crippen LogP contribution in [0.3, 0.4) is 0 Å². The molecule has 0 aliphatic carbocycles. The van der Waals surface area contributed by atoms with Crippen LogP contribution in [-0.2, 0) is 16.0 Å². The van der Waals surface area contributed by atoms with Crippen molar-refractivity contribution >= 4 is 17.0 Å². The summed E-state index contributed by atoms with van der Waals surface area (Å²) in [5, 5.41) is 4.22. The summed E-state index contributed by atoms with van der Waals surface area (Å²) in [6.45, 7) is 2.65. The molecule has 0 aliphatic rings. The number of nitrogens with zero attached hydrogens (tertiary/aromatic N) is 4. The maximum absolute atomic E-state index is 5.19. The van der Waals surface area contributed by atoms with Gasteiger partial charge in [-0.1, -0.05) is 0 Å². The fraction of sp³-hybridized carbons (Fsp3) is 0.353. The van der Waals surface area contributed by atoms with Crippen molar-refractivity contribution in [3.05, 3.63) is 36.8 Å². The van der Waals surface area contributed by atoms with Crippen molar-refractivity contribution in [2.75, 3.05) is 39.3 Å². The Bertz CT molecular complexity index is 803. The van der Waals surface area contributed by atoms with Crippen molar-refractivity contribution in [2.45, 2.75) is 6.54 Å². The summed E-state index contributed by atoms with van der Waals surface area (Å²) >= 11 is 0. The summed E-state index contributed by atoms with van der Waals surface area (Å²) in [6.07, 6.45) is 5.62. The molecule has 3 rings (SSSR count). The number of rotatable bonds is 8. The molecule has 7 heteroatoms. The topological polar surface area (TPSA) is 74.1 Å². The van der Waals surface area contributed by atoms with Crippen molar-refractivity contribution in [1.82, 2.24) is 19.5 Å². The van der Waals surface area contributed by atoms with Crippen molar-refractivity contribution in [3.63, 3.8) is 0 Å². The molecule has 7 nitrogen and oxygen atoms in total. The van der Waals surface area contributed by atoms with Gasteiger partial charge in [-0.2, -0.15) is 0 Å². The molecule has 0 fully saturated rings. The number of methoxy groups -OCH3 is 2. The highest BCUT2D eigenvalue weighted by atomic mass is 16.5. The summed E-state index contributed by atoms with van der Waals surface area (Å²) in [5.41, 5.74) is 2.82. The highest BCUT2D eigenvalue weighted by Crippen LogP contribution is 2.28. The average molecular weight is 327 g/mol. The molecule has 0 aromatic carbocycles. The first-order chi connectivity index (χ1) is 11.8. The SMILES string of the molecule is COCCNc1nccc(-c2cn(CCOC)c3ncccc23)n1. The fourth-order valence-electron chi connectivity index (χ4n) is 2.55. The maximum atomic E-state index is 5.19. The Labute approximate surface area is 140 Å². The van der Waals surface area contributed by atoms with Gasteiger partial charge in [0.2, 0.25) is 5.95 Å². The molecule has 0 amide bonds. The molecular formula is C17H21N5O2. The Hall–Kier alpha value is -2.51. The molecule has 1 N–H and O–H groups in total. The molecule has 3 aromatic rings. The van der Waals surface area contributed by atoms with Crippen LogP contribution in [0.25, 0.3) is 22.3 Å². The van der Waals surface area contributed by atoms with E-state index in [9.17, 15) is 0 Å². The Kier molecular flexibility index (Phi) is 5.35. The molecule has 0 saturated heterocycles. The Morgan fingerprint density at radius 3 is 2.79 bits per heavy atom. The molecule has 0 aliphatic heterocycles. The number of pyridine rings is 1. The third kappa shape index (κ3) is 3.52. The van der Waals surface area contributed by atoms with Crippen LogP contribution in [0.1, 0.15) is 0 Å². The van der Waals surface area contributed by atoms with E-state index in [0.717, 1.165) is 28.8 Å². The smallest absolute Gasteiger partial charge is 0.223 e. The first-order valence-corrected chi connectivity index (χ1v) is 7.82. The molecule has 3 aromatic heterocycles. The largest absolute Gasteiger partial charge is 0.383 e. The van der Waals surface area contributed by atoms with Crippen LogP contribution in [0.4, 0.5) is 5.95 Å². The molecule has 126 valence electrons. The molecule has 0 radical (unpaired) electrons. The fourth-order valence-corrected chi connectivity index (χ4v) is 2.55. The van der Waals surface area contributed by atoms with Crippen LogP contribution < -0.4 is 5.32 Å². The predicted molar refractivity (Wildman–Crippen MR) is 93.0 cm³/mol. The Balaban J connectivity index is 1.95. The van der Waals surface area contributed by atoms with E-state index >= 15 is 0 Å². The maximum Gasteiger partial charge on any atom is 0.223 e. The third-order valence-electron chi connectivity index (χ3n) is 3.69. The van der Waals surface area contributed by atoms with Crippen LogP contribution in [-0.4, -0.2) is 53.5 Å². The zero-order valence-corrected chi connectivity index (χ0v) is 13.9. The second-order valence-electron chi connectivity index (χ2n) is 5.29. The highest BCUT2D eigenvalue weighted by Gasteiger charge is 2.12. The van der Waals surface area contributed by atoms with E-state index in [0.29, 0.717) is 25.7 Å². The lowest BCUT2D eigenvalue weighted by atomic mass is 10.1. The molecule has 0 bridgehead atoms. The summed E-state index contributed by atoms with van der Waals surface area (Å²) in [5.74, 6) is 0.589. The van der Waals surface area contributed by atoms with Crippen molar-refractivity contribution < 1.29 is 9.47 Å². The van der Waals surface area contributed by atoms with E-state index in [1.54, 1.807) is 26.6 Å². The molecule has 0 unspecified atom stereocenters. The number of anilines is 1. The number of nitrogens with one attached hydrogen (secondary N) is 1. The number of aromatic nitrogens is 4. The molecule has 0 saturated carbocycles. The van der Waals surface area contributed by atoms with Gasteiger partial charge in [0.05, 0.1) is 18.9 Å². The van der Waals surface area contributed by atoms with Crippen LogP contribution in [0.5, 0.6) is 0 Å². The van der Waals surface area contributed by atoms with Gasteiger partial charge in [0.25, 0.3) is 0 Å². The summed E-state index contributed by atoms with van der Waals surface area (Å²) in [6, 6.07) is 5.90. The molecular weight excluding hydrogens is 306 g/mol. The summed E-state index contributed by atoms with van der Waals surface area (Å²) in [4.78, 5) is 13.4. The first-order valence-electron chi connectivity index (χ1n) is 7.82. The van der Waals surface area contributed by atoms with Gasteiger partial charge in [-0.3, -0.25) is 0 Å². The first kappa shape index (κ1) is 16.4. The lowest BCUT2D eigenvalue weighted by molar-refractivity contribution is 0.188. The highest BCUT2D eigenvalue weighted by molar-refractivity contribution is 5.93. The van der Waals surface area contributed by atoms with Crippen molar-refractivity contribution in [3.8, 4) is 11.3 Å². The van der Waals surface area contributed by atoms with Gasteiger partial charge in [-0.05, 0) is 18.2 Å². The van der Waals surface area contributed by atoms with Gasteiger partial charge in [0.1, 0.15) is 5.65 Å². The summed E-state index contributed by atoms with van der Waals surface area (Å²) in [7, 11) is 3.36. The molecule has 24 heavy (non-hydrogen) atoms. The van der Waals surface area contributed by atoms with Gasteiger partial charge in [0, 0.05) is 56.8 Å². The normalized spacial score (nSPS) is 11.1. The minimum atomic E-state index is 0.589. The van der Waals surface area contributed by atoms with E-state index in [1.165, 1.54) is 0 Å². The zero-order valence-electron chi connectivity index (χ0n) is 13.9. The lowest BCUT2D eigenvalue weighted by Gasteiger charge is -2.05. The van der Waals surface area contributed by atoms with Gasteiger partial charge in [0.15, 0.2) is 0 Å². The van der Waals surface area contributed by atoms with E-state index in [1.807, 2.05) is 12.1 Å².